The lowest BCUT2D eigenvalue weighted by molar-refractivity contribution is 0.0751. The Morgan fingerprint density at radius 1 is 1.17 bits per heavy atom. The number of piperazine rings is 1. The van der Waals surface area contributed by atoms with Crippen LogP contribution in [0.3, 0.4) is 0 Å². The smallest absolute Gasteiger partial charge is 0.410 e. The lowest BCUT2D eigenvalue weighted by atomic mass is 10.1. The second kappa shape index (κ2) is 7.38. The number of amides is 1. The number of aryl methyl sites for hydroxylation is 2. The molecule has 4 rings (SSSR count). The van der Waals surface area contributed by atoms with E-state index < -0.39 is 0 Å². The van der Waals surface area contributed by atoms with Crippen LogP contribution in [0.5, 0.6) is 0 Å². The first-order valence-electron chi connectivity index (χ1n) is 9.90. The van der Waals surface area contributed by atoms with Gasteiger partial charge in [-0.2, -0.15) is 10.2 Å². The van der Waals surface area contributed by atoms with E-state index >= 15 is 0 Å². The average Bonchev–Trinajstić information content (AvgIpc) is 3.21. The molecular formula is C20H27N7O2. The quantitative estimate of drug-likeness (QED) is 0.675. The summed E-state index contributed by atoms with van der Waals surface area (Å²) < 4.78 is 8.98. The maximum Gasteiger partial charge on any atom is 0.410 e. The van der Waals surface area contributed by atoms with Crippen molar-refractivity contribution in [3.8, 4) is 11.1 Å². The Kier molecular flexibility index (Phi) is 4.89. The van der Waals surface area contributed by atoms with E-state index in [1.807, 2.05) is 51.0 Å². The third-order valence-electron chi connectivity index (χ3n) is 5.33. The van der Waals surface area contributed by atoms with Gasteiger partial charge < -0.3 is 14.5 Å². The molecule has 1 aliphatic rings. The van der Waals surface area contributed by atoms with Gasteiger partial charge in [0.2, 0.25) is 0 Å². The summed E-state index contributed by atoms with van der Waals surface area (Å²) in [7, 11) is 1.94. The van der Waals surface area contributed by atoms with Gasteiger partial charge in [-0.15, -0.1) is 0 Å². The zero-order valence-electron chi connectivity index (χ0n) is 17.6. The van der Waals surface area contributed by atoms with Crippen molar-refractivity contribution in [1.82, 2.24) is 29.3 Å². The number of anilines is 1. The van der Waals surface area contributed by atoms with Crippen molar-refractivity contribution < 1.29 is 9.53 Å². The normalized spacial score (nSPS) is 14.8. The van der Waals surface area contributed by atoms with Crippen molar-refractivity contribution in [3.05, 3.63) is 29.8 Å². The van der Waals surface area contributed by atoms with Crippen molar-refractivity contribution in [2.24, 2.45) is 7.05 Å². The summed E-state index contributed by atoms with van der Waals surface area (Å²) in [6.45, 7) is 10.4. The predicted octanol–water partition coefficient (Wildman–Crippen LogP) is 2.41. The van der Waals surface area contributed by atoms with Crippen LogP contribution in [0.15, 0.2) is 18.5 Å². The van der Waals surface area contributed by atoms with E-state index in [0.29, 0.717) is 26.2 Å². The van der Waals surface area contributed by atoms with Gasteiger partial charge in [-0.3, -0.25) is 4.68 Å². The molecule has 0 unspecified atom stereocenters. The van der Waals surface area contributed by atoms with Crippen LogP contribution < -0.4 is 4.90 Å². The predicted molar refractivity (Wildman–Crippen MR) is 110 cm³/mol. The maximum atomic E-state index is 12.1. The number of hydrogen-bond acceptors (Lipinski definition) is 6. The molecule has 0 N–H and O–H groups in total. The lowest BCUT2D eigenvalue weighted by Crippen LogP contribution is -2.49. The Bertz CT molecular complexity index is 1040. The van der Waals surface area contributed by atoms with Gasteiger partial charge in [0, 0.05) is 50.7 Å². The van der Waals surface area contributed by atoms with Gasteiger partial charge >= 0.3 is 6.09 Å². The van der Waals surface area contributed by atoms with Crippen LogP contribution in [0.1, 0.15) is 25.2 Å². The molecule has 3 aromatic rings. The van der Waals surface area contributed by atoms with Crippen LogP contribution in [-0.4, -0.2) is 67.7 Å². The molecule has 3 aromatic heterocycles. The Hall–Kier alpha value is -3.10. The van der Waals surface area contributed by atoms with Crippen LogP contribution in [0.25, 0.3) is 16.8 Å². The highest BCUT2D eigenvalue weighted by atomic mass is 16.6. The molecule has 9 nitrogen and oxygen atoms in total. The van der Waals surface area contributed by atoms with Crippen LogP contribution in [0.2, 0.25) is 0 Å². The number of carbonyl (C=O) groups excluding carboxylic acids is 1. The fourth-order valence-electron chi connectivity index (χ4n) is 3.77. The van der Waals surface area contributed by atoms with Crippen molar-refractivity contribution in [2.45, 2.75) is 33.8 Å². The first kappa shape index (κ1) is 19.2. The van der Waals surface area contributed by atoms with Gasteiger partial charge in [0.15, 0.2) is 5.65 Å². The number of rotatable bonds is 3. The van der Waals surface area contributed by atoms with E-state index in [2.05, 4.69) is 22.0 Å². The fraction of sp³-hybridized carbons (Fsp3) is 0.500. The van der Waals surface area contributed by atoms with E-state index in [4.69, 9.17) is 9.72 Å². The Morgan fingerprint density at radius 2 is 1.90 bits per heavy atom. The molecule has 4 heterocycles. The summed E-state index contributed by atoms with van der Waals surface area (Å²) in [6.07, 6.45) is 3.43. The Morgan fingerprint density at radius 3 is 2.52 bits per heavy atom. The van der Waals surface area contributed by atoms with Crippen LogP contribution in [-0.2, 0) is 11.8 Å². The van der Waals surface area contributed by atoms with Crippen molar-refractivity contribution >= 4 is 17.6 Å². The van der Waals surface area contributed by atoms with Gasteiger partial charge in [-0.1, -0.05) is 0 Å². The molecule has 0 spiro atoms. The summed E-state index contributed by atoms with van der Waals surface area (Å²) in [4.78, 5) is 21.0. The molecular weight excluding hydrogens is 370 g/mol. The number of hydrogen-bond donors (Lipinski definition) is 0. The first-order chi connectivity index (χ1) is 13.8. The van der Waals surface area contributed by atoms with Crippen molar-refractivity contribution in [1.29, 1.82) is 0 Å². The van der Waals surface area contributed by atoms with Crippen molar-refractivity contribution in [3.63, 3.8) is 0 Å². The van der Waals surface area contributed by atoms with Crippen molar-refractivity contribution in [2.75, 3.05) is 31.1 Å². The maximum absolute atomic E-state index is 12.1. The minimum Gasteiger partial charge on any atom is -0.447 e. The lowest BCUT2D eigenvalue weighted by Gasteiger charge is -2.35. The minimum absolute atomic E-state index is 0.107. The number of ether oxygens (including phenoxy) is 1. The molecule has 0 radical (unpaired) electrons. The minimum atomic E-state index is -0.247. The molecule has 1 fully saturated rings. The average molecular weight is 397 g/mol. The van der Waals surface area contributed by atoms with E-state index in [1.54, 1.807) is 9.42 Å². The molecule has 0 aliphatic carbocycles. The third kappa shape index (κ3) is 3.52. The van der Waals surface area contributed by atoms with Gasteiger partial charge in [0.05, 0.1) is 23.6 Å². The number of aromatic nitrogens is 5. The summed E-state index contributed by atoms with van der Waals surface area (Å²) in [5, 5.41) is 8.99. The van der Waals surface area contributed by atoms with Gasteiger partial charge in [-0.05, 0) is 33.8 Å². The van der Waals surface area contributed by atoms with Crippen LogP contribution >= 0.6 is 0 Å². The van der Waals surface area contributed by atoms with E-state index in [0.717, 1.165) is 34.0 Å². The highest BCUT2D eigenvalue weighted by molar-refractivity contribution is 5.80. The second-order valence-electron chi connectivity index (χ2n) is 7.69. The molecule has 0 atom stereocenters. The molecule has 0 aromatic carbocycles. The molecule has 9 heteroatoms. The zero-order valence-corrected chi connectivity index (χ0v) is 17.6. The number of nitrogens with zero attached hydrogens (tertiary/aromatic N) is 7. The number of fused-ring (bicyclic) bond motifs is 1. The zero-order chi connectivity index (χ0) is 20.7. The molecule has 0 bridgehead atoms. The monoisotopic (exact) mass is 397 g/mol. The van der Waals surface area contributed by atoms with Crippen LogP contribution in [0.4, 0.5) is 10.6 Å². The third-order valence-corrected chi connectivity index (χ3v) is 5.33. The molecule has 1 saturated heterocycles. The number of carbonyl (C=O) groups is 1. The molecule has 0 saturated carbocycles. The molecule has 1 aliphatic heterocycles. The van der Waals surface area contributed by atoms with E-state index in [1.165, 1.54) is 0 Å². The molecule has 154 valence electrons. The van der Waals surface area contributed by atoms with Crippen LogP contribution in [0, 0.1) is 13.8 Å². The largest absolute Gasteiger partial charge is 0.447 e. The molecule has 1 amide bonds. The highest BCUT2D eigenvalue weighted by Gasteiger charge is 2.24. The molecule has 29 heavy (non-hydrogen) atoms. The second-order valence-corrected chi connectivity index (χ2v) is 7.69. The SMILES string of the molecule is Cc1nn(C)c(C)c1-c1cnn2ccc(N3CCN(C(=O)OC(C)C)CC3)nc12. The standard InChI is InChI=1S/C20H27N7O2/c1-13(2)29-20(28)26-10-8-25(9-11-26)17-6-7-27-19(22-17)16(12-21-27)18-14(3)23-24(5)15(18)4/h6-7,12-13H,8-11H2,1-5H3. The van der Waals surface area contributed by atoms with Gasteiger partial charge in [0.25, 0.3) is 0 Å². The summed E-state index contributed by atoms with van der Waals surface area (Å²) in [5.74, 6) is 0.885. The summed E-state index contributed by atoms with van der Waals surface area (Å²) in [5.41, 5.74) is 4.91. The topological polar surface area (TPSA) is 80.8 Å². The fourth-order valence-corrected chi connectivity index (χ4v) is 3.77. The van der Waals surface area contributed by atoms with E-state index in [9.17, 15) is 4.79 Å². The first-order valence-corrected chi connectivity index (χ1v) is 9.90. The highest BCUT2D eigenvalue weighted by Crippen LogP contribution is 2.30. The van der Waals surface area contributed by atoms with Gasteiger partial charge in [0.1, 0.15) is 5.82 Å². The Balaban J connectivity index is 1.58. The Labute approximate surface area is 169 Å². The van der Waals surface area contributed by atoms with E-state index in [-0.39, 0.29) is 12.2 Å². The van der Waals surface area contributed by atoms with Gasteiger partial charge in [-0.25, -0.2) is 14.3 Å². The summed E-state index contributed by atoms with van der Waals surface area (Å²) >= 11 is 0. The summed E-state index contributed by atoms with van der Waals surface area (Å²) in [6, 6.07) is 1.97.